The van der Waals surface area contributed by atoms with E-state index in [2.05, 4.69) is 39.8 Å². The van der Waals surface area contributed by atoms with Crippen molar-refractivity contribution in [3.8, 4) is 5.75 Å². The van der Waals surface area contributed by atoms with Gasteiger partial charge in [0, 0.05) is 10.9 Å². The molecular weight excluding hydrogens is 302 g/mol. The average molecular weight is 324 g/mol. The lowest BCUT2D eigenvalue weighted by atomic mass is 10.0. The second-order valence-electron chi connectivity index (χ2n) is 5.46. The molecular formula is C17H22ClNOS. The summed E-state index contributed by atoms with van der Waals surface area (Å²) < 4.78 is 7.05. The topological polar surface area (TPSA) is 35.2 Å². The fraction of sp³-hybridized carbons (Fsp3) is 0.412. The van der Waals surface area contributed by atoms with Crippen molar-refractivity contribution in [2.24, 2.45) is 5.73 Å². The third-order valence-electron chi connectivity index (χ3n) is 3.75. The Labute approximate surface area is 135 Å². The molecule has 2 unspecified atom stereocenters. The molecule has 4 heteroatoms. The molecule has 0 fully saturated rings. The van der Waals surface area contributed by atoms with Crippen LogP contribution in [-0.4, -0.2) is 6.04 Å². The quantitative estimate of drug-likeness (QED) is 0.822. The van der Waals surface area contributed by atoms with Gasteiger partial charge in [-0.1, -0.05) is 24.6 Å². The first-order valence-corrected chi connectivity index (χ1v) is 8.37. The molecule has 1 heterocycles. The highest BCUT2D eigenvalue weighted by Gasteiger charge is 2.23. The van der Waals surface area contributed by atoms with Crippen LogP contribution in [0.5, 0.6) is 5.75 Å². The molecule has 1 aromatic carbocycles. The molecule has 2 N–H and O–H groups in total. The van der Waals surface area contributed by atoms with Crippen LogP contribution < -0.4 is 10.5 Å². The third-order valence-corrected chi connectivity index (χ3v) is 5.05. The van der Waals surface area contributed by atoms with Gasteiger partial charge in [0.2, 0.25) is 0 Å². The number of benzene rings is 1. The Kier molecular flexibility index (Phi) is 5.31. The zero-order valence-corrected chi connectivity index (χ0v) is 14.5. The molecule has 2 rings (SSSR count). The summed E-state index contributed by atoms with van der Waals surface area (Å²) in [5, 5.41) is 0. The second-order valence-corrected chi connectivity index (χ2v) is 7.20. The van der Waals surface area contributed by atoms with Crippen LogP contribution >= 0.6 is 22.9 Å². The van der Waals surface area contributed by atoms with E-state index in [4.69, 9.17) is 22.1 Å². The number of nitrogens with two attached hydrogens (primary N) is 1. The van der Waals surface area contributed by atoms with Gasteiger partial charge in [-0.25, -0.2) is 0 Å². The van der Waals surface area contributed by atoms with Crippen LogP contribution in [0.1, 0.15) is 41.0 Å². The zero-order chi connectivity index (χ0) is 15.6. The van der Waals surface area contributed by atoms with Gasteiger partial charge in [-0.05, 0) is 62.1 Å². The number of halogens is 1. The Bertz CT molecular complexity index is 623. The molecule has 0 aliphatic heterocycles. The van der Waals surface area contributed by atoms with E-state index < -0.39 is 0 Å². The van der Waals surface area contributed by atoms with Crippen LogP contribution in [-0.2, 0) is 0 Å². The van der Waals surface area contributed by atoms with Crippen molar-refractivity contribution < 1.29 is 4.74 Å². The monoisotopic (exact) mass is 323 g/mol. The highest BCUT2D eigenvalue weighted by molar-refractivity contribution is 7.16. The first-order valence-electron chi connectivity index (χ1n) is 7.17. The number of thiophene rings is 1. The predicted octanol–water partition coefficient (Wildman–Crippen LogP) is 5.18. The minimum absolute atomic E-state index is 0.0556. The van der Waals surface area contributed by atoms with Crippen molar-refractivity contribution in [2.45, 2.75) is 46.3 Å². The van der Waals surface area contributed by atoms with Gasteiger partial charge in [0.05, 0.1) is 4.34 Å². The molecule has 2 atom stereocenters. The molecule has 0 spiro atoms. The Morgan fingerprint density at radius 2 is 1.95 bits per heavy atom. The zero-order valence-electron chi connectivity index (χ0n) is 12.9. The summed E-state index contributed by atoms with van der Waals surface area (Å²) >= 11 is 7.59. The molecule has 1 aromatic heterocycles. The maximum absolute atomic E-state index is 6.29. The summed E-state index contributed by atoms with van der Waals surface area (Å²) in [4.78, 5) is 1.08. The lowest BCUT2D eigenvalue weighted by Crippen LogP contribution is -2.31. The van der Waals surface area contributed by atoms with Gasteiger partial charge in [0.15, 0.2) is 0 Å². The summed E-state index contributed by atoms with van der Waals surface area (Å²) in [6, 6.07) is 8.09. The third kappa shape index (κ3) is 3.79. The lowest BCUT2D eigenvalue weighted by Gasteiger charge is -2.25. The van der Waals surface area contributed by atoms with Gasteiger partial charge in [-0.2, -0.15) is 0 Å². The highest BCUT2D eigenvalue weighted by Crippen LogP contribution is 2.34. The molecule has 0 amide bonds. The molecule has 0 aliphatic carbocycles. The van der Waals surface area contributed by atoms with E-state index in [9.17, 15) is 0 Å². The summed E-state index contributed by atoms with van der Waals surface area (Å²) in [6.07, 6.45) is 0.691. The van der Waals surface area contributed by atoms with Crippen LogP contribution in [0.4, 0.5) is 0 Å². The number of aryl methyl sites for hydroxylation is 2. The number of ether oxygens (including phenoxy) is 1. The van der Waals surface area contributed by atoms with Gasteiger partial charge in [0.1, 0.15) is 11.9 Å². The highest BCUT2D eigenvalue weighted by atomic mass is 35.5. The summed E-state index contributed by atoms with van der Waals surface area (Å²) in [7, 11) is 0. The largest absolute Gasteiger partial charge is 0.483 e. The van der Waals surface area contributed by atoms with Crippen LogP contribution in [0, 0.1) is 20.8 Å². The fourth-order valence-corrected chi connectivity index (χ4v) is 3.48. The van der Waals surface area contributed by atoms with Crippen molar-refractivity contribution >= 4 is 22.9 Å². The van der Waals surface area contributed by atoms with Gasteiger partial charge in [-0.3, -0.25) is 0 Å². The van der Waals surface area contributed by atoms with Crippen molar-refractivity contribution in [1.82, 2.24) is 0 Å². The maximum atomic E-state index is 6.29. The molecule has 0 saturated carbocycles. The number of hydrogen-bond donors (Lipinski definition) is 1. The van der Waals surface area contributed by atoms with E-state index in [1.165, 1.54) is 22.5 Å². The van der Waals surface area contributed by atoms with Crippen molar-refractivity contribution in [3.63, 3.8) is 0 Å². The molecule has 0 saturated heterocycles. The molecule has 114 valence electrons. The first-order chi connectivity index (χ1) is 9.92. The molecule has 2 aromatic rings. The van der Waals surface area contributed by atoms with Crippen molar-refractivity contribution in [1.29, 1.82) is 0 Å². The number of hydrogen-bond acceptors (Lipinski definition) is 3. The fourth-order valence-electron chi connectivity index (χ4n) is 2.31. The number of rotatable bonds is 5. The first kappa shape index (κ1) is 16.3. The Balaban J connectivity index is 2.36. The summed E-state index contributed by atoms with van der Waals surface area (Å²) in [5.41, 5.74) is 9.86. The van der Waals surface area contributed by atoms with Gasteiger partial charge in [-0.15, -0.1) is 11.3 Å². The van der Waals surface area contributed by atoms with E-state index in [1.807, 2.05) is 12.1 Å². The maximum Gasteiger partial charge on any atom is 0.148 e. The van der Waals surface area contributed by atoms with Crippen LogP contribution in [0.15, 0.2) is 24.3 Å². The molecule has 0 aliphatic rings. The van der Waals surface area contributed by atoms with Crippen molar-refractivity contribution in [2.75, 3.05) is 0 Å². The Morgan fingerprint density at radius 1 is 1.24 bits per heavy atom. The summed E-state index contributed by atoms with van der Waals surface area (Å²) in [5.74, 6) is 0.908. The molecule has 0 radical (unpaired) electrons. The van der Waals surface area contributed by atoms with Crippen LogP contribution in [0.3, 0.4) is 0 Å². The van der Waals surface area contributed by atoms with E-state index in [1.54, 1.807) is 0 Å². The van der Waals surface area contributed by atoms with Gasteiger partial charge in [0.25, 0.3) is 0 Å². The Hall–Kier alpha value is -1.03. The molecule has 0 bridgehead atoms. The SMILES string of the molecule is CCC(N)C(Oc1cc(C)cc(C)c1C)c1ccc(Cl)s1. The van der Waals surface area contributed by atoms with Gasteiger partial charge < -0.3 is 10.5 Å². The average Bonchev–Trinajstić information content (AvgIpc) is 2.86. The minimum atomic E-state index is -0.160. The normalized spacial score (nSPS) is 14.0. The second kappa shape index (κ2) is 6.82. The van der Waals surface area contributed by atoms with Crippen LogP contribution in [0.25, 0.3) is 0 Å². The minimum Gasteiger partial charge on any atom is -0.483 e. The van der Waals surface area contributed by atoms with Crippen molar-refractivity contribution in [3.05, 3.63) is 50.2 Å². The summed E-state index contributed by atoms with van der Waals surface area (Å²) in [6.45, 7) is 8.34. The molecule has 21 heavy (non-hydrogen) atoms. The van der Waals surface area contributed by atoms with E-state index >= 15 is 0 Å². The van der Waals surface area contributed by atoms with E-state index in [0.29, 0.717) is 0 Å². The lowest BCUT2D eigenvalue weighted by molar-refractivity contribution is 0.173. The van der Waals surface area contributed by atoms with E-state index in [0.717, 1.165) is 26.9 Å². The van der Waals surface area contributed by atoms with Crippen LogP contribution in [0.2, 0.25) is 4.34 Å². The van der Waals surface area contributed by atoms with Gasteiger partial charge >= 0.3 is 0 Å². The smallest absolute Gasteiger partial charge is 0.148 e. The predicted molar refractivity (Wildman–Crippen MR) is 91.6 cm³/mol. The Morgan fingerprint density at radius 3 is 2.52 bits per heavy atom. The standard InChI is InChI=1S/C17H22ClNOS/c1-5-13(19)17(15-6-7-16(18)21-15)20-14-9-10(2)8-11(3)12(14)4/h6-9,13,17H,5,19H2,1-4H3. The van der Waals surface area contributed by atoms with E-state index in [-0.39, 0.29) is 12.1 Å². The molecule has 2 nitrogen and oxygen atoms in total.